The molecule has 0 fully saturated rings. The van der Waals surface area contributed by atoms with E-state index in [-0.39, 0.29) is 5.69 Å². The normalized spacial score (nSPS) is 10.1. The van der Waals surface area contributed by atoms with Crippen molar-refractivity contribution in [1.82, 2.24) is 0 Å². The summed E-state index contributed by atoms with van der Waals surface area (Å²) in [6.45, 7) is 2.27. The molecular formula is C14H15N3O3. The van der Waals surface area contributed by atoms with Crippen molar-refractivity contribution >= 4 is 22.7 Å². The van der Waals surface area contributed by atoms with Crippen LogP contribution in [0.1, 0.15) is 6.92 Å². The van der Waals surface area contributed by atoms with Gasteiger partial charge < -0.3 is 15.8 Å². The summed E-state index contributed by atoms with van der Waals surface area (Å²) in [4.78, 5) is 10.5. The number of ether oxygens (including phenoxy) is 1. The Morgan fingerprint density at radius 3 is 2.50 bits per heavy atom. The van der Waals surface area contributed by atoms with E-state index in [2.05, 4.69) is 5.32 Å². The number of nitrogens with one attached hydrogen (secondary N) is 1. The molecule has 0 aliphatic rings. The van der Waals surface area contributed by atoms with Crippen LogP contribution < -0.4 is 15.8 Å². The molecule has 0 radical (unpaired) electrons. The number of nitro benzene ring substituents is 1. The SMILES string of the molecule is CCOc1cc(Nc2ccc(N)cc2)cc([N+](=O)[O-])c1. The Labute approximate surface area is 116 Å². The van der Waals surface area contributed by atoms with Crippen molar-refractivity contribution < 1.29 is 9.66 Å². The molecule has 0 saturated carbocycles. The van der Waals surface area contributed by atoms with Crippen LogP contribution in [0.3, 0.4) is 0 Å². The highest BCUT2D eigenvalue weighted by atomic mass is 16.6. The Morgan fingerprint density at radius 2 is 1.90 bits per heavy atom. The predicted molar refractivity (Wildman–Crippen MR) is 78.4 cm³/mol. The van der Waals surface area contributed by atoms with Crippen LogP contribution in [0.25, 0.3) is 0 Å². The van der Waals surface area contributed by atoms with Gasteiger partial charge >= 0.3 is 0 Å². The summed E-state index contributed by atoms with van der Waals surface area (Å²) >= 11 is 0. The van der Waals surface area contributed by atoms with Crippen molar-refractivity contribution in [2.75, 3.05) is 17.7 Å². The molecule has 0 aromatic heterocycles. The zero-order valence-electron chi connectivity index (χ0n) is 11.0. The van der Waals surface area contributed by atoms with Gasteiger partial charge in [0.2, 0.25) is 0 Å². The minimum atomic E-state index is -0.448. The molecule has 0 atom stereocenters. The number of hydrogen-bond acceptors (Lipinski definition) is 5. The first-order chi connectivity index (χ1) is 9.58. The molecule has 6 nitrogen and oxygen atoms in total. The quantitative estimate of drug-likeness (QED) is 0.495. The number of hydrogen-bond donors (Lipinski definition) is 2. The zero-order valence-corrected chi connectivity index (χ0v) is 11.0. The fourth-order valence-electron chi connectivity index (χ4n) is 1.74. The van der Waals surface area contributed by atoms with Crippen LogP contribution in [0.5, 0.6) is 5.75 Å². The predicted octanol–water partition coefficient (Wildman–Crippen LogP) is 3.32. The lowest BCUT2D eigenvalue weighted by Gasteiger charge is -2.09. The summed E-state index contributed by atoms with van der Waals surface area (Å²) < 4.78 is 5.33. The standard InChI is InChI=1S/C14H15N3O3/c1-2-20-14-8-12(7-13(9-14)17(18)19)16-11-5-3-10(15)4-6-11/h3-9,16H,2,15H2,1H3. The lowest BCUT2D eigenvalue weighted by atomic mass is 10.2. The molecule has 0 aliphatic heterocycles. The van der Waals surface area contributed by atoms with Gasteiger partial charge in [-0.05, 0) is 31.2 Å². The summed E-state index contributed by atoms with van der Waals surface area (Å²) in [5.74, 6) is 0.458. The maximum atomic E-state index is 10.9. The van der Waals surface area contributed by atoms with Crippen LogP contribution in [0, 0.1) is 10.1 Å². The summed E-state index contributed by atoms with van der Waals surface area (Å²) in [6.07, 6.45) is 0. The Bertz CT molecular complexity index is 612. The topological polar surface area (TPSA) is 90.4 Å². The van der Waals surface area contributed by atoms with Crippen molar-refractivity contribution in [2.24, 2.45) is 0 Å². The highest BCUT2D eigenvalue weighted by Gasteiger charge is 2.10. The number of rotatable bonds is 5. The molecular weight excluding hydrogens is 258 g/mol. The number of nitrogen functional groups attached to an aromatic ring is 1. The molecule has 6 heteroatoms. The van der Waals surface area contributed by atoms with Crippen LogP contribution in [0.2, 0.25) is 0 Å². The third-order valence-electron chi connectivity index (χ3n) is 2.61. The van der Waals surface area contributed by atoms with Crippen LogP contribution >= 0.6 is 0 Å². The molecule has 2 rings (SSSR count). The monoisotopic (exact) mass is 273 g/mol. The van der Waals surface area contributed by atoms with Gasteiger partial charge in [0.25, 0.3) is 5.69 Å². The van der Waals surface area contributed by atoms with E-state index in [9.17, 15) is 10.1 Å². The third-order valence-corrected chi connectivity index (χ3v) is 2.61. The second-order valence-electron chi connectivity index (χ2n) is 4.15. The molecule has 3 N–H and O–H groups in total. The summed E-state index contributed by atoms with van der Waals surface area (Å²) in [6, 6.07) is 11.7. The average molecular weight is 273 g/mol. The first-order valence-corrected chi connectivity index (χ1v) is 6.13. The van der Waals surface area contributed by atoms with Gasteiger partial charge in [0, 0.05) is 29.2 Å². The molecule has 0 spiro atoms. The minimum absolute atomic E-state index is 0.0195. The lowest BCUT2D eigenvalue weighted by Crippen LogP contribution is -1.97. The summed E-state index contributed by atoms with van der Waals surface area (Å²) in [7, 11) is 0. The van der Waals surface area contributed by atoms with E-state index < -0.39 is 4.92 Å². The largest absolute Gasteiger partial charge is 0.494 e. The highest BCUT2D eigenvalue weighted by Crippen LogP contribution is 2.28. The number of benzene rings is 2. The summed E-state index contributed by atoms with van der Waals surface area (Å²) in [5, 5.41) is 14.0. The van der Waals surface area contributed by atoms with E-state index in [1.54, 1.807) is 30.3 Å². The smallest absolute Gasteiger partial charge is 0.275 e. The van der Waals surface area contributed by atoms with E-state index in [1.807, 2.05) is 6.92 Å². The van der Waals surface area contributed by atoms with Gasteiger partial charge in [-0.25, -0.2) is 0 Å². The molecule has 2 aromatic carbocycles. The molecule has 0 unspecified atom stereocenters. The van der Waals surface area contributed by atoms with E-state index in [0.717, 1.165) is 5.69 Å². The second kappa shape index (κ2) is 5.92. The fraction of sp³-hybridized carbons (Fsp3) is 0.143. The van der Waals surface area contributed by atoms with Gasteiger partial charge in [-0.15, -0.1) is 0 Å². The number of nitrogens with two attached hydrogens (primary N) is 1. The van der Waals surface area contributed by atoms with Crippen molar-refractivity contribution in [2.45, 2.75) is 6.92 Å². The molecule has 0 amide bonds. The Kier molecular flexibility index (Phi) is 4.05. The van der Waals surface area contributed by atoms with E-state index in [1.165, 1.54) is 12.1 Å². The number of nitro groups is 1. The van der Waals surface area contributed by atoms with Gasteiger partial charge in [-0.1, -0.05) is 0 Å². The summed E-state index contributed by atoms with van der Waals surface area (Å²) in [5.41, 5.74) is 7.63. The van der Waals surface area contributed by atoms with Crippen molar-refractivity contribution in [3.63, 3.8) is 0 Å². The van der Waals surface area contributed by atoms with Crippen LogP contribution in [-0.2, 0) is 0 Å². The molecule has 104 valence electrons. The molecule has 0 saturated heterocycles. The first-order valence-electron chi connectivity index (χ1n) is 6.13. The third kappa shape index (κ3) is 3.38. The van der Waals surface area contributed by atoms with Crippen molar-refractivity contribution in [1.29, 1.82) is 0 Å². The van der Waals surface area contributed by atoms with E-state index >= 15 is 0 Å². The molecule has 0 bridgehead atoms. The first kappa shape index (κ1) is 13.7. The van der Waals surface area contributed by atoms with Crippen molar-refractivity contribution in [3.05, 3.63) is 52.6 Å². The second-order valence-corrected chi connectivity index (χ2v) is 4.15. The van der Waals surface area contributed by atoms with Crippen LogP contribution in [0.4, 0.5) is 22.7 Å². The molecule has 2 aromatic rings. The number of nitrogens with zero attached hydrogens (tertiary/aromatic N) is 1. The van der Waals surface area contributed by atoms with Gasteiger partial charge in [-0.2, -0.15) is 0 Å². The maximum absolute atomic E-state index is 10.9. The van der Waals surface area contributed by atoms with Crippen LogP contribution in [-0.4, -0.2) is 11.5 Å². The lowest BCUT2D eigenvalue weighted by molar-refractivity contribution is -0.384. The molecule has 0 heterocycles. The molecule has 0 aliphatic carbocycles. The van der Waals surface area contributed by atoms with E-state index in [0.29, 0.717) is 23.7 Å². The van der Waals surface area contributed by atoms with Gasteiger partial charge in [0.1, 0.15) is 5.75 Å². The highest BCUT2D eigenvalue weighted by molar-refractivity contribution is 5.66. The Hall–Kier alpha value is -2.76. The molecule has 20 heavy (non-hydrogen) atoms. The Morgan fingerprint density at radius 1 is 1.20 bits per heavy atom. The zero-order chi connectivity index (χ0) is 14.5. The Balaban J connectivity index is 2.29. The van der Waals surface area contributed by atoms with Crippen molar-refractivity contribution in [3.8, 4) is 5.75 Å². The van der Waals surface area contributed by atoms with Crippen LogP contribution in [0.15, 0.2) is 42.5 Å². The van der Waals surface area contributed by atoms with Gasteiger partial charge in [-0.3, -0.25) is 10.1 Å². The average Bonchev–Trinajstić information content (AvgIpc) is 2.41. The maximum Gasteiger partial charge on any atom is 0.275 e. The van der Waals surface area contributed by atoms with Gasteiger partial charge in [0.15, 0.2) is 0 Å². The van der Waals surface area contributed by atoms with E-state index in [4.69, 9.17) is 10.5 Å². The number of non-ortho nitro benzene ring substituents is 1. The minimum Gasteiger partial charge on any atom is -0.494 e. The fourth-order valence-corrected chi connectivity index (χ4v) is 1.74. The van der Waals surface area contributed by atoms with Gasteiger partial charge in [0.05, 0.1) is 17.6 Å². The number of anilines is 3.